The molecule has 3 heteroatoms. The van der Waals surface area contributed by atoms with Crippen LogP contribution in [0.2, 0.25) is 0 Å². The molecule has 26 heavy (non-hydrogen) atoms. The van der Waals surface area contributed by atoms with Crippen molar-refractivity contribution in [3.63, 3.8) is 0 Å². The molecule has 0 radical (unpaired) electrons. The largest absolute Gasteiger partial charge is 2.00 e. The molecular formula is C23H40FeO2. The van der Waals surface area contributed by atoms with Crippen LogP contribution in [0, 0.1) is 14.9 Å². The first-order valence-corrected chi connectivity index (χ1v) is 8.88. The van der Waals surface area contributed by atoms with Gasteiger partial charge in [-0.2, -0.15) is 0 Å². The predicted molar refractivity (Wildman–Crippen MR) is 112 cm³/mol. The molecule has 1 aliphatic heterocycles. The Labute approximate surface area is 174 Å². The number of hydrogen-bond acceptors (Lipinski definition) is 2. The molecule has 2 nitrogen and oxygen atoms in total. The first-order valence-electron chi connectivity index (χ1n) is 8.88. The van der Waals surface area contributed by atoms with E-state index in [1.165, 1.54) is 24.0 Å². The fourth-order valence-electron chi connectivity index (χ4n) is 2.71. The van der Waals surface area contributed by atoms with Crippen molar-refractivity contribution >= 4 is 0 Å². The van der Waals surface area contributed by atoms with E-state index in [-0.39, 0.29) is 37.7 Å². The van der Waals surface area contributed by atoms with Crippen LogP contribution in [0.3, 0.4) is 0 Å². The molecule has 2 aliphatic carbocycles. The molecule has 1 fully saturated rings. The molecule has 0 bridgehead atoms. The topological polar surface area (TPSA) is 18.5 Å². The molecule has 0 amide bonds. The molecule has 1 heterocycles. The number of hydrogen-bond donors (Lipinski definition) is 0. The van der Waals surface area contributed by atoms with Gasteiger partial charge in [0.15, 0.2) is 5.79 Å². The summed E-state index contributed by atoms with van der Waals surface area (Å²) in [7, 11) is 0. The normalized spacial score (nSPS) is 23.8. The summed E-state index contributed by atoms with van der Waals surface area (Å²) in [5.41, 5.74) is 2.94. The van der Waals surface area contributed by atoms with Crippen LogP contribution in [0.4, 0.5) is 0 Å². The van der Waals surface area contributed by atoms with E-state index in [4.69, 9.17) is 9.47 Å². The number of ether oxygens (including phenoxy) is 2. The first kappa shape index (κ1) is 30.1. The summed E-state index contributed by atoms with van der Waals surface area (Å²) in [5, 5.41) is 0. The van der Waals surface area contributed by atoms with E-state index in [2.05, 4.69) is 64.2 Å². The molecule has 0 spiro atoms. The molecule has 2 unspecified atom stereocenters. The maximum atomic E-state index is 5.68. The minimum atomic E-state index is -0.360. The van der Waals surface area contributed by atoms with Crippen molar-refractivity contribution in [2.45, 2.75) is 85.2 Å². The summed E-state index contributed by atoms with van der Waals surface area (Å²) in [6.45, 7) is 12.5. The van der Waals surface area contributed by atoms with Gasteiger partial charge < -0.3 is 24.3 Å². The van der Waals surface area contributed by atoms with Crippen molar-refractivity contribution in [3.05, 3.63) is 62.5 Å². The van der Waals surface area contributed by atoms with Gasteiger partial charge in [0.05, 0.1) is 12.2 Å². The van der Waals surface area contributed by atoms with Gasteiger partial charge in [0, 0.05) is 0 Å². The average Bonchev–Trinajstić information content (AvgIpc) is 3.22. The van der Waals surface area contributed by atoms with Crippen LogP contribution >= 0.6 is 0 Å². The molecule has 0 N–H and O–H groups in total. The fraction of sp³-hybridized carbons (Fsp3) is 0.565. The number of allylic oxidation sites excluding steroid dienone is 8. The van der Waals surface area contributed by atoms with Gasteiger partial charge in [-0.15, -0.1) is 0 Å². The van der Waals surface area contributed by atoms with E-state index in [1.807, 2.05) is 13.8 Å². The fourth-order valence-corrected chi connectivity index (χ4v) is 2.71. The summed E-state index contributed by atoms with van der Waals surface area (Å²) in [6, 6.07) is 0. The van der Waals surface area contributed by atoms with Crippen molar-refractivity contribution in [1.29, 1.82) is 0 Å². The van der Waals surface area contributed by atoms with E-state index in [9.17, 15) is 0 Å². The van der Waals surface area contributed by atoms with Gasteiger partial charge >= 0.3 is 17.1 Å². The second-order valence-electron chi connectivity index (χ2n) is 6.82. The second kappa shape index (κ2) is 15.5. The Balaban J connectivity index is -0.000000307. The van der Waals surface area contributed by atoms with Crippen molar-refractivity contribution in [2.75, 3.05) is 0 Å². The van der Waals surface area contributed by atoms with E-state index in [0.717, 1.165) is 12.8 Å². The first-order chi connectivity index (χ1) is 10.9. The maximum Gasteiger partial charge on any atom is 2.00 e. The summed E-state index contributed by atoms with van der Waals surface area (Å²) in [5.74, 6) is -0.360. The Hall–Kier alpha value is -0.601. The monoisotopic (exact) mass is 404 g/mol. The second-order valence-corrected chi connectivity index (χ2v) is 6.82. The zero-order chi connectivity index (χ0) is 17.3. The quantitative estimate of drug-likeness (QED) is 0.364. The zero-order valence-corrected chi connectivity index (χ0v) is 19.2. The molecular weight excluding hydrogens is 364 g/mol. The summed E-state index contributed by atoms with van der Waals surface area (Å²) < 4.78 is 11.4. The van der Waals surface area contributed by atoms with Crippen LogP contribution in [0.15, 0.2) is 47.6 Å². The summed E-state index contributed by atoms with van der Waals surface area (Å²) in [4.78, 5) is 0. The Morgan fingerprint density at radius 3 is 1.35 bits per heavy atom. The molecule has 0 aromatic rings. The predicted octanol–water partition coefficient (Wildman–Crippen LogP) is 7.01. The van der Waals surface area contributed by atoms with Crippen molar-refractivity contribution in [1.82, 2.24) is 0 Å². The van der Waals surface area contributed by atoms with Crippen molar-refractivity contribution < 1.29 is 26.5 Å². The van der Waals surface area contributed by atoms with Gasteiger partial charge in [0.25, 0.3) is 0 Å². The van der Waals surface area contributed by atoms with E-state index >= 15 is 0 Å². The Morgan fingerprint density at radius 2 is 1.19 bits per heavy atom. The molecule has 0 aromatic carbocycles. The Kier molecular flexibility index (Phi) is 17.9. The van der Waals surface area contributed by atoms with E-state index in [1.54, 1.807) is 0 Å². The average molecular weight is 404 g/mol. The van der Waals surface area contributed by atoms with E-state index < -0.39 is 0 Å². The molecule has 2 atom stereocenters. The minimum Gasteiger partial charge on any atom is -0.358 e. The van der Waals surface area contributed by atoms with Gasteiger partial charge in [0.2, 0.25) is 0 Å². The van der Waals surface area contributed by atoms with Crippen LogP contribution < -0.4 is 0 Å². The van der Waals surface area contributed by atoms with Gasteiger partial charge in [-0.05, 0) is 53.4 Å². The zero-order valence-electron chi connectivity index (χ0n) is 18.1. The van der Waals surface area contributed by atoms with Gasteiger partial charge in [0.1, 0.15) is 0 Å². The molecule has 3 rings (SSSR count). The van der Waals surface area contributed by atoms with Crippen LogP contribution in [0.5, 0.6) is 0 Å². The summed E-state index contributed by atoms with van der Waals surface area (Å²) >= 11 is 0. The smallest absolute Gasteiger partial charge is 0.358 e. The van der Waals surface area contributed by atoms with Crippen molar-refractivity contribution in [3.8, 4) is 0 Å². The SMILES string of the molecule is CC1=CC=CC1.CC1=CC=CC1.CCC1OC(C)(C)OC1CC.[CH3-].[CH3-].[Fe+2]. The molecule has 0 saturated carbocycles. The molecule has 3 aliphatic rings. The van der Waals surface area contributed by atoms with Crippen LogP contribution in [0.1, 0.15) is 67.2 Å². The number of rotatable bonds is 2. The van der Waals surface area contributed by atoms with E-state index in [0.29, 0.717) is 12.2 Å². The maximum absolute atomic E-state index is 5.68. The third kappa shape index (κ3) is 11.9. The third-order valence-corrected chi connectivity index (χ3v) is 4.00. The van der Waals surface area contributed by atoms with Crippen LogP contribution in [-0.4, -0.2) is 18.0 Å². The third-order valence-electron chi connectivity index (χ3n) is 4.00. The van der Waals surface area contributed by atoms with Gasteiger partial charge in [-0.25, -0.2) is 0 Å². The molecule has 0 aromatic heterocycles. The van der Waals surface area contributed by atoms with Crippen LogP contribution in [0.25, 0.3) is 0 Å². The molecule has 1 saturated heterocycles. The molecule has 152 valence electrons. The van der Waals surface area contributed by atoms with Crippen LogP contribution in [-0.2, 0) is 26.5 Å². The Morgan fingerprint density at radius 1 is 0.846 bits per heavy atom. The standard InChI is InChI=1S/C9H18O2.2C6H8.2CH3.Fe/c1-5-7-8(6-2)11-9(3,4)10-7;2*1-6-4-2-3-5-6;;;/h7-8H,5-6H2,1-4H3;2*2-4H,5H2,1H3;2*1H3;/q;;;2*-1;+2. The van der Waals surface area contributed by atoms with Crippen molar-refractivity contribution in [2.24, 2.45) is 0 Å². The van der Waals surface area contributed by atoms with Gasteiger partial charge in [-0.3, -0.25) is 0 Å². The minimum absolute atomic E-state index is 0. The Bertz CT molecular complexity index is 431. The summed E-state index contributed by atoms with van der Waals surface area (Å²) in [6.07, 6.45) is 17.8. The van der Waals surface area contributed by atoms with Gasteiger partial charge in [-0.1, -0.05) is 61.4 Å².